The third-order valence-electron chi connectivity index (χ3n) is 7.91. The van der Waals surface area contributed by atoms with Crippen molar-refractivity contribution in [1.29, 1.82) is 0 Å². The van der Waals surface area contributed by atoms with E-state index in [1.54, 1.807) is 0 Å². The first-order chi connectivity index (χ1) is 15.5. The average molecular weight is 448 g/mol. The number of hydrogen-bond donors (Lipinski definition) is 3. The van der Waals surface area contributed by atoms with Crippen LogP contribution in [-0.4, -0.2) is 35.8 Å². The average Bonchev–Trinajstić information content (AvgIpc) is 2.81. The summed E-state index contributed by atoms with van der Waals surface area (Å²) in [7, 11) is 0. The van der Waals surface area contributed by atoms with E-state index >= 15 is 0 Å². The van der Waals surface area contributed by atoms with Crippen molar-refractivity contribution in [3.63, 3.8) is 0 Å². The first-order valence-corrected chi connectivity index (χ1v) is 13.4. The zero-order chi connectivity index (χ0) is 22.8. The molecule has 3 amide bonds. The molecule has 3 aliphatic carbocycles. The summed E-state index contributed by atoms with van der Waals surface area (Å²) in [4.78, 5) is 38.8. The van der Waals surface area contributed by atoms with Crippen molar-refractivity contribution in [1.82, 2.24) is 16.0 Å². The molecular weight excluding hydrogens is 402 g/mol. The highest BCUT2D eigenvalue weighted by atomic mass is 16.2. The maximum Gasteiger partial charge on any atom is 0.224 e. The van der Waals surface area contributed by atoms with Crippen LogP contribution in [0, 0.1) is 11.8 Å². The lowest BCUT2D eigenvalue weighted by atomic mass is 9.86. The summed E-state index contributed by atoms with van der Waals surface area (Å²) in [6.45, 7) is 1.86. The second kappa shape index (κ2) is 13.2. The van der Waals surface area contributed by atoms with Gasteiger partial charge in [-0.05, 0) is 44.9 Å². The van der Waals surface area contributed by atoms with Crippen LogP contribution in [0.5, 0.6) is 0 Å². The van der Waals surface area contributed by atoms with E-state index < -0.39 is 11.8 Å². The number of carbonyl (C=O) groups is 3. The van der Waals surface area contributed by atoms with Crippen molar-refractivity contribution in [3.8, 4) is 0 Å². The van der Waals surface area contributed by atoms with Crippen LogP contribution in [0.15, 0.2) is 0 Å². The molecule has 3 saturated carbocycles. The molecule has 0 radical (unpaired) electrons. The van der Waals surface area contributed by atoms with E-state index in [0.717, 1.165) is 64.2 Å². The topological polar surface area (TPSA) is 87.3 Å². The van der Waals surface area contributed by atoms with Gasteiger partial charge in [-0.2, -0.15) is 0 Å². The molecule has 3 rings (SSSR count). The Kier molecular flexibility index (Phi) is 10.3. The summed E-state index contributed by atoms with van der Waals surface area (Å²) in [5, 5.41) is 9.56. The van der Waals surface area contributed by atoms with Gasteiger partial charge in [-0.3, -0.25) is 14.4 Å². The second-order valence-corrected chi connectivity index (χ2v) is 10.5. The Hall–Kier alpha value is -1.59. The molecule has 0 aliphatic heterocycles. The molecule has 3 aliphatic rings. The van der Waals surface area contributed by atoms with Gasteiger partial charge in [0.15, 0.2) is 0 Å². The Labute approximate surface area is 194 Å². The lowest BCUT2D eigenvalue weighted by Gasteiger charge is -2.30. The minimum Gasteiger partial charge on any atom is -0.353 e. The van der Waals surface area contributed by atoms with Gasteiger partial charge in [0.2, 0.25) is 17.7 Å². The predicted molar refractivity (Wildman–Crippen MR) is 127 cm³/mol. The fourth-order valence-corrected chi connectivity index (χ4v) is 5.76. The maximum atomic E-state index is 13.2. The van der Waals surface area contributed by atoms with Crippen molar-refractivity contribution < 1.29 is 14.4 Å². The molecule has 0 heterocycles. The van der Waals surface area contributed by atoms with E-state index in [-0.39, 0.29) is 35.8 Å². The minimum absolute atomic E-state index is 0.0206. The Morgan fingerprint density at radius 2 is 1.03 bits per heavy atom. The van der Waals surface area contributed by atoms with E-state index in [9.17, 15) is 14.4 Å². The van der Waals surface area contributed by atoms with Gasteiger partial charge in [-0.15, -0.1) is 0 Å². The predicted octanol–water partition coefficient (Wildman–Crippen LogP) is 4.37. The molecule has 0 bridgehead atoms. The van der Waals surface area contributed by atoms with Crippen LogP contribution >= 0.6 is 0 Å². The summed E-state index contributed by atoms with van der Waals surface area (Å²) in [5.74, 6) is -0.949. The highest BCUT2D eigenvalue weighted by Crippen LogP contribution is 2.24. The van der Waals surface area contributed by atoms with Gasteiger partial charge in [-0.25, -0.2) is 0 Å². The van der Waals surface area contributed by atoms with E-state index in [0.29, 0.717) is 12.8 Å². The van der Waals surface area contributed by atoms with Crippen molar-refractivity contribution in [2.24, 2.45) is 11.8 Å². The van der Waals surface area contributed by atoms with Gasteiger partial charge in [0.25, 0.3) is 0 Å². The van der Waals surface area contributed by atoms with E-state index in [4.69, 9.17) is 0 Å². The molecule has 0 aromatic carbocycles. The molecule has 3 N–H and O–H groups in total. The standard InChI is InChI=1S/C26H45N3O3/c1-19(25(31)28-21-13-7-3-8-14-21)23(26(32)29-22-15-9-4-10-16-22)17-18-24(30)27-20-11-5-2-6-12-20/h19-23H,2-18H2,1H3,(H,27,30)(H,28,31)(H,29,32). The Morgan fingerprint density at radius 1 is 0.625 bits per heavy atom. The molecule has 2 unspecified atom stereocenters. The van der Waals surface area contributed by atoms with Crippen LogP contribution in [-0.2, 0) is 14.4 Å². The molecule has 0 aromatic heterocycles. The van der Waals surface area contributed by atoms with Crippen LogP contribution in [0.3, 0.4) is 0 Å². The molecule has 6 nitrogen and oxygen atoms in total. The zero-order valence-electron chi connectivity index (χ0n) is 20.1. The van der Waals surface area contributed by atoms with Crippen LogP contribution in [0.1, 0.15) is 116 Å². The molecule has 0 spiro atoms. The third-order valence-corrected chi connectivity index (χ3v) is 7.91. The SMILES string of the molecule is CC(C(=O)NC1CCCCC1)C(CCC(=O)NC1CCCCC1)C(=O)NC1CCCCC1. The van der Waals surface area contributed by atoms with Crippen LogP contribution < -0.4 is 16.0 Å². The summed E-state index contributed by atoms with van der Waals surface area (Å²) in [5.41, 5.74) is 0. The Bertz CT molecular complexity index is 605. The number of rotatable bonds is 9. The molecule has 6 heteroatoms. The van der Waals surface area contributed by atoms with Gasteiger partial charge in [0.05, 0.1) is 0 Å². The maximum absolute atomic E-state index is 13.2. The highest BCUT2D eigenvalue weighted by Gasteiger charge is 2.33. The van der Waals surface area contributed by atoms with Crippen LogP contribution in [0.25, 0.3) is 0 Å². The smallest absolute Gasteiger partial charge is 0.224 e. The van der Waals surface area contributed by atoms with Crippen molar-refractivity contribution in [2.45, 2.75) is 134 Å². The van der Waals surface area contributed by atoms with Gasteiger partial charge in [0.1, 0.15) is 0 Å². The first kappa shape index (κ1) is 25.0. The van der Waals surface area contributed by atoms with Crippen LogP contribution in [0.2, 0.25) is 0 Å². The molecule has 3 fully saturated rings. The molecule has 182 valence electrons. The molecular formula is C26H45N3O3. The van der Waals surface area contributed by atoms with Crippen molar-refractivity contribution >= 4 is 17.7 Å². The van der Waals surface area contributed by atoms with Gasteiger partial charge in [-0.1, -0.05) is 64.7 Å². The normalized spacial score (nSPS) is 23.2. The Morgan fingerprint density at radius 3 is 1.50 bits per heavy atom. The van der Waals surface area contributed by atoms with Gasteiger partial charge < -0.3 is 16.0 Å². The lowest BCUT2D eigenvalue weighted by molar-refractivity contribution is -0.136. The Balaban J connectivity index is 1.56. The van der Waals surface area contributed by atoms with Gasteiger partial charge in [0, 0.05) is 36.4 Å². The quantitative estimate of drug-likeness (QED) is 0.491. The summed E-state index contributed by atoms with van der Waals surface area (Å²) >= 11 is 0. The third kappa shape index (κ3) is 8.08. The summed E-state index contributed by atoms with van der Waals surface area (Å²) in [6, 6.07) is 0.719. The lowest BCUT2D eigenvalue weighted by Crippen LogP contribution is -2.47. The van der Waals surface area contributed by atoms with E-state index in [2.05, 4.69) is 16.0 Å². The molecule has 2 atom stereocenters. The number of carbonyl (C=O) groups excluding carboxylic acids is 3. The van der Waals surface area contributed by atoms with Crippen molar-refractivity contribution in [2.75, 3.05) is 0 Å². The zero-order valence-corrected chi connectivity index (χ0v) is 20.1. The fourth-order valence-electron chi connectivity index (χ4n) is 5.76. The first-order valence-electron chi connectivity index (χ1n) is 13.4. The number of hydrogen-bond acceptors (Lipinski definition) is 3. The number of amides is 3. The molecule has 0 saturated heterocycles. The van der Waals surface area contributed by atoms with Crippen molar-refractivity contribution in [3.05, 3.63) is 0 Å². The molecule has 32 heavy (non-hydrogen) atoms. The van der Waals surface area contributed by atoms with Crippen LogP contribution in [0.4, 0.5) is 0 Å². The molecule has 0 aromatic rings. The van der Waals surface area contributed by atoms with E-state index in [1.807, 2.05) is 6.92 Å². The summed E-state index contributed by atoms with van der Waals surface area (Å²) in [6.07, 6.45) is 17.6. The minimum atomic E-state index is -0.461. The van der Waals surface area contributed by atoms with E-state index in [1.165, 1.54) is 32.1 Å². The summed E-state index contributed by atoms with van der Waals surface area (Å²) < 4.78 is 0. The monoisotopic (exact) mass is 447 g/mol. The largest absolute Gasteiger partial charge is 0.353 e. The number of nitrogens with one attached hydrogen (secondary N) is 3. The fraction of sp³-hybridized carbons (Fsp3) is 0.885. The highest BCUT2D eigenvalue weighted by molar-refractivity contribution is 5.88. The second-order valence-electron chi connectivity index (χ2n) is 10.5. The van der Waals surface area contributed by atoms with Gasteiger partial charge >= 0.3 is 0 Å².